The predicted octanol–water partition coefficient (Wildman–Crippen LogP) is 2.94. The first-order chi connectivity index (χ1) is 11.7. The van der Waals surface area contributed by atoms with Gasteiger partial charge in [0.15, 0.2) is 5.11 Å². The van der Waals surface area contributed by atoms with Crippen molar-refractivity contribution in [2.45, 2.75) is 31.7 Å². The van der Waals surface area contributed by atoms with Gasteiger partial charge in [0.1, 0.15) is 11.6 Å². The van der Waals surface area contributed by atoms with Crippen LogP contribution in [-0.4, -0.2) is 17.2 Å². The zero-order chi connectivity index (χ0) is 16.7. The van der Waals surface area contributed by atoms with Gasteiger partial charge in [0.05, 0.1) is 13.2 Å². The number of aromatic nitrogens is 1. The van der Waals surface area contributed by atoms with Crippen LogP contribution in [0.5, 0.6) is 5.75 Å². The number of aryl methyl sites for hydroxylation is 1. The molecule has 124 valence electrons. The van der Waals surface area contributed by atoms with Crippen LogP contribution in [0.15, 0.2) is 24.3 Å². The van der Waals surface area contributed by atoms with Crippen molar-refractivity contribution in [2.24, 2.45) is 0 Å². The second kappa shape index (κ2) is 5.94. The Morgan fingerprint density at radius 1 is 1.29 bits per heavy atom. The molecule has 0 radical (unpaired) electrons. The van der Waals surface area contributed by atoms with E-state index >= 15 is 0 Å². The Balaban J connectivity index is 1.88. The Hall–Kier alpha value is -2.34. The lowest BCUT2D eigenvalue weighted by Gasteiger charge is -2.32. The van der Waals surface area contributed by atoms with E-state index in [-0.39, 0.29) is 6.04 Å². The van der Waals surface area contributed by atoms with E-state index in [1.54, 1.807) is 7.11 Å². The number of nitrogen functional groups attached to an aromatic ring is 1. The Kier molecular flexibility index (Phi) is 3.76. The number of thiocarbonyl (C=S) groups is 1. The van der Waals surface area contributed by atoms with E-state index in [1.807, 2.05) is 18.2 Å². The minimum Gasteiger partial charge on any atom is -0.497 e. The topological polar surface area (TPSA) is 72.2 Å². The molecule has 1 aromatic heterocycles. The standard InChI is InChI=1S/C18H20N4OS/c1-23-11-6-4-5-10(9-11)16-14-15(19)12-7-2-3-8-13(12)20-17(14)22-18(24)21-16/h4-6,9,16H,2-3,7-8H2,1H3,(H4,19,20,21,22,24). The van der Waals surface area contributed by atoms with Gasteiger partial charge in [0.25, 0.3) is 0 Å². The molecule has 1 aromatic carbocycles. The van der Waals surface area contributed by atoms with Crippen LogP contribution in [-0.2, 0) is 12.8 Å². The third kappa shape index (κ3) is 2.47. The summed E-state index contributed by atoms with van der Waals surface area (Å²) < 4.78 is 5.36. The first-order valence-electron chi connectivity index (χ1n) is 8.20. The van der Waals surface area contributed by atoms with E-state index in [0.29, 0.717) is 5.11 Å². The van der Waals surface area contributed by atoms with Crippen LogP contribution >= 0.6 is 12.2 Å². The summed E-state index contributed by atoms with van der Waals surface area (Å²) in [6.45, 7) is 0. The third-order valence-corrected chi connectivity index (χ3v) is 5.00. The van der Waals surface area contributed by atoms with E-state index in [2.05, 4.69) is 16.7 Å². The Morgan fingerprint density at radius 2 is 2.12 bits per heavy atom. The Labute approximate surface area is 146 Å². The van der Waals surface area contributed by atoms with Crippen LogP contribution in [0.2, 0.25) is 0 Å². The summed E-state index contributed by atoms with van der Waals surface area (Å²) in [5.74, 6) is 1.59. The smallest absolute Gasteiger partial charge is 0.172 e. The number of fused-ring (bicyclic) bond motifs is 2. The number of anilines is 2. The van der Waals surface area contributed by atoms with E-state index in [1.165, 1.54) is 18.4 Å². The molecule has 0 fully saturated rings. The fourth-order valence-electron chi connectivity index (χ4n) is 3.59. The largest absolute Gasteiger partial charge is 0.497 e. The van der Waals surface area contributed by atoms with Gasteiger partial charge in [0.2, 0.25) is 0 Å². The molecule has 1 atom stereocenters. The molecule has 1 aliphatic carbocycles. The first kappa shape index (κ1) is 15.2. The van der Waals surface area contributed by atoms with Gasteiger partial charge in [-0.2, -0.15) is 0 Å². The van der Waals surface area contributed by atoms with Gasteiger partial charge in [-0.3, -0.25) is 0 Å². The van der Waals surface area contributed by atoms with E-state index in [9.17, 15) is 0 Å². The van der Waals surface area contributed by atoms with Gasteiger partial charge < -0.3 is 21.1 Å². The molecule has 1 unspecified atom stereocenters. The first-order valence-corrected chi connectivity index (χ1v) is 8.61. The number of benzene rings is 1. The number of hydrogen-bond acceptors (Lipinski definition) is 4. The number of rotatable bonds is 2. The van der Waals surface area contributed by atoms with Crippen LogP contribution in [0.3, 0.4) is 0 Å². The zero-order valence-electron chi connectivity index (χ0n) is 13.6. The van der Waals surface area contributed by atoms with Gasteiger partial charge in [-0.15, -0.1) is 0 Å². The molecular formula is C18H20N4OS. The van der Waals surface area contributed by atoms with Gasteiger partial charge in [-0.05, 0) is 61.2 Å². The Morgan fingerprint density at radius 3 is 2.96 bits per heavy atom. The molecule has 4 N–H and O–H groups in total. The molecule has 1 aliphatic heterocycles. The molecule has 0 bridgehead atoms. The summed E-state index contributed by atoms with van der Waals surface area (Å²) in [6, 6.07) is 7.84. The van der Waals surface area contributed by atoms with Crippen molar-refractivity contribution in [1.29, 1.82) is 0 Å². The van der Waals surface area contributed by atoms with Crippen LogP contribution in [0.25, 0.3) is 0 Å². The summed E-state index contributed by atoms with van der Waals surface area (Å²) in [5.41, 5.74) is 11.8. The quantitative estimate of drug-likeness (QED) is 0.730. The summed E-state index contributed by atoms with van der Waals surface area (Å²) in [5, 5.41) is 7.08. The van der Waals surface area contributed by atoms with Crippen molar-refractivity contribution in [3.8, 4) is 5.75 Å². The fraction of sp³-hybridized carbons (Fsp3) is 0.333. The Bertz CT molecular complexity index is 821. The highest BCUT2D eigenvalue weighted by Crippen LogP contribution is 2.40. The summed E-state index contributed by atoms with van der Waals surface area (Å²) in [6.07, 6.45) is 4.32. The van der Waals surface area contributed by atoms with E-state index in [4.69, 9.17) is 27.7 Å². The van der Waals surface area contributed by atoms with Crippen LogP contribution in [0.1, 0.15) is 41.3 Å². The normalized spacial score (nSPS) is 18.9. The predicted molar refractivity (Wildman–Crippen MR) is 99.5 cm³/mol. The second-order valence-corrected chi connectivity index (χ2v) is 6.64. The number of nitrogens with two attached hydrogens (primary N) is 1. The van der Waals surface area contributed by atoms with Crippen LogP contribution in [0, 0.1) is 0 Å². The van der Waals surface area contributed by atoms with Gasteiger partial charge in [-0.25, -0.2) is 4.98 Å². The SMILES string of the molecule is COc1cccc(C2NC(=S)Nc3nc4c(c(N)c32)CCCC4)c1. The van der Waals surface area contributed by atoms with Crippen LogP contribution in [0.4, 0.5) is 11.5 Å². The minimum absolute atomic E-state index is 0.122. The average molecular weight is 340 g/mol. The van der Waals surface area contributed by atoms with Crippen molar-refractivity contribution >= 4 is 28.8 Å². The summed E-state index contributed by atoms with van der Waals surface area (Å²) >= 11 is 5.38. The van der Waals surface area contributed by atoms with E-state index in [0.717, 1.165) is 46.9 Å². The highest BCUT2D eigenvalue weighted by molar-refractivity contribution is 7.80. The number of pyridine rings is 1. The molecule has 0 spiro atoms. The number of hydrogen-bond donors (Lipinski definition) is 3. The number of methoxy groups -OCH3 is 1. The van der Waals surface area contributed by atoms with Gasteiger partial charge >= 0.3 is 0 Å². The lowest BCUT2D eigenvalue weighted by Crippen LogP contribution is -2.39. The molecule has 0 amide bonds. The molecule has 4 rings (SSSR count). The van der Waals surface area contributed by atoms with Crippen molar-refractivity contribution < 1.29 is 4.74 Å². The molecule has 2 aliphatic rings. The van der Waals surface area contributed by atoms with Crippen LogP contribution < -0.4 is 21.1 Å². The maximum Gasteiger partial charge on any atom is 0.172 e. The van der Waals surface area contributed by atoms with Crippen molar-refractivity contribution in [1.82, 2.24) is 10.3 Å². The molecule has 6 heteroatoms. The van der Waals surface area contributed by atoms with Crippen molar-refractivity contribution in [3.05, 3.63) is 46.6 Å². The number of ether oxygens (including phenoxy) is 1. The van der Waals surface area contributed by atoms with Gasteiger partial charge in [-0.1, -0.05) is 12.1 Å². The van der Waals surface area contributed by atoms with Crippen molar-refractivity contribution in [3.63, 3.8) is 0 Å². The molecule has 2 heterocycles. The highest BCUT2D eigenvalue weighted by atomic mass is 32.1. The molecule has 2 aromatic rings. The molecule has 0 saturated heterocycles. The summed E-state index contributed by atoms with van der Waals surface area (Å²) in [7, 11) is 1.67. The lowest BCUT2D eigenvalue weighted by atomic mass is 9.88. The molecule has 0 saturated carbocycles. The van der Waals surface area contributed by atoms with Gasteiger partial charge in [0, 0.05) is 16.9 Å². The lowest BCUT2D eigenvalue weighted by molar-refractivity contribution is 0.414. The maximum absolute atomic E-state index is 6.57. The fourth-order valence-corrected chi connectivity index (χ4v) is 3.81. The average Bonchev–Trinajstić information content (AvgIpc) is 2.61. The second-order valence-electron chi connectivity index (χ2n) is 6.23. The molecule has 24 heavy (non-hydrogen) atoms. The zero-order valence-corrected chi connectivity index (χ0v) is 14.4. The minimum atomic E-state index is -0.122. The summed E-state index contributed by atoms with van der Waals surface area (Å²) in [4.78, 5) is 4.83. The monoisotopic (exact) mass is 340 g/mol. The van der Waals surface area contributed by atoms with Crippen molar-refractivity contribution in [2.75, 3.05) is 18.2 Å². The number of nitrogens with one attached hydrogen (secondary N) is 2. The maximum atomic E-state index is 6.57. The third-order valence-electron chi connectivity index (χ3n) is 4.78. The highest BCUT2D eigenvalue weighted by Gasteiger charge is 2.30. The van der Waals surface area contributed by atoms with E-state index < -0.39 is 0 Å². The molecular weight excluding hydrogens is 320 g/mol. The number of nitrogens with zero attached hydrogens (tertiary/aromatic N) is 1. The molecule has 5 nitrogen and oxygen atoms in total.